The van der Waals surface area contributed by atoms with Crippen LogP contribution < -0.4 is 0 Å². The molecule has 2 aromatic rings. The summed E-state index contributed by atoms with van der Waals surface area (Å²) >= 11 is 0. The van der Waals surface area contributed by atoms with Crippen molar-refractivity contribution in [1.82, 2.24) is 9.88 Å². The van der Waals surface area contributed by atoms with Gasteiger partial charge in [-0.3, -0.25) is 4.79 Å². The molecule has 1 aliphatic rings. The maximum Gasteiger partial charge on any atom is 0.255 e. The minimum atomic E-state index is -0.157. The molecule has 1 fully saturated rings. The van der Waals surface area contributed by atoms with Crippen molar-refractivity contribution < 1.29 is 9.18 Å². The molecular weight excluding hydrogens is 279 g/mol. The van der Waals surface area contributed by atoms with E-state index in [1.165, 1.54) is 6.07 Å². The van der Waals surface area contributed by atoms with E-state index in [9.17, 15) is 9.18 Å². The van der Waals surface area contributed by atoms with Crippen molar-refractivity contribution >= 4 is 5.91 Å². The molecule has 1 amide bonds. The molecule has 1 aromatic carbocycles. The van der Waals surface area contributed by atoms with E-state index in [2.05, 4.69) is 4.98 Å². The fraction of sp³-hybridized carbons (Fsp3) is 0.389. The van der Waals surface area contributed by atoms with Gasteiger partial charge in [-0.25, -0.2) is 4.39 Å². The van der Waals surface area contributed by atoms with Crippen LogP contribution in [0.3, 0.4) is 0 Å². The lowest BCUT2D eigenvalue weighted by Gasteiger charge is -2.16. The average Bonchev–Trinajstić information content (AvgIpc) is 3.11. The third-order valence-electron chi connectivity index (χ3n) is 4.50. The van der Waals surface area contributed by atoms with Crippen molar-refractivity contribution in [2.45, 2.75) is 26.7 Å². The Labute approximate surface area is 130 Å². The zero-order valence-corrected chi connectivity index (χ0v) is 13.0. The van der Waals surface area contributed by atoms with E-state index < -0.39 is 0 Å². The lowest BCUT2D eigenvalue weighted by Crippen LogP contribution is -2.29. The first-order valence-corrected chi connectivity index (χ1v) is 7.73. The Balaban J connectivity index is 1.64. The summed E-state index contributed by atoms with van der Waals surface area (Å²) in [6.07, 6.45) is 3.71. The number of rotatable bonds is 3. The van der Waals surface area contributed by atoms with Crippen molar-refractivity contribution in [3.63, 3.8) is 0 Å². The first kappa shape index (κ1) is 14.8. The Morgan fingerprint density at radius 3 is 2.86 bits per heavy atom. The van der Waals surface area contributed by atoms with E-state index >= 15 is 0 Å². The first-order chi connectivity index (χ1) is 10.5. The standard InChI is InChI=1S/C18H21FN2O/c1-12-9-14(3-4-17(12)19)10-15-6-8-21(11-15)18(22)16-5-7-20-13(16)2/h3-5,7,9,15,20H,6,8,10-11H2,1-2H3. The molecule has 0 saturated carbocycles. The molecular formula is C18H21FN2O. The molecule has 116 valence electrons. The van der Waals surface area contributed by atoms with Crippen LogP contribution in [-0.4, -0.2) is 28.9 Å². The Hall–Kier alpha value is -2.10. The van der Waals surface area contributed by atoms with Crippen LogP contribution in [0.1, 0.15) is 33.6 Å². The molecule has 0 aliphatic carbocycles. The van der Waals surface area contributed by atoms with Gasteiger partial charge in [0.05, 0.1) is 5.56 Å². The summed E-state index contributed by atoms with van der Waals surface area (Å²) in [6.45, 7) is 5.29. The number of carbonyl (C=O) groups excluding carboxylic acids is 1. The van der Waals surface area contributed by atoms with E-state index in [1.54, 1.807) is 13.1 Å². The number of aromatic nitrogens is 1. The first-order valence-electron chi connectivity index (χ1n) is 7.73. The van der Waals surface area contributed by atoms with Gasteiger partial charge >= 0.3 is 0 Å². The van der Waals surface area contributed by atoms with E-state index in [1.807, 2.05) is 30.0 Å². The normalized spacial score (nSPS) is 18.0. The number of benzene rings is 1. The Morgan fingerprint density at radius 2 is 2.18 bits per heavy atom. The lowest BCUT2D eigenvalue weighted by atomic mass is 9.97. The number of nitrogens with one attached hydrogen (secondary N) is 1. The van der Waals surface area contributed by atoms with Gasteiger partial charge in [0.15, 0.2) is 0 Å². The zero-order chi connectivity index (χ0) is 15.7. The van der Waals surface area contributed by atoms with Gasteiger partial charge in [0.25, 0.3) is 5.91 Å². The second-order valence-electron chi connectivity index (χ2n) is 6.21. The molecule has 4 heteroatoms. The van der Waals surface area contributed by atoms with Crippen LogP contribution in [0.5, 0.6) is 0 Å². The van der Waals surface area contributed by atoms with Crippen LogP contribution >= 0.6 is 0 Å². The highest BCUT2D eigenvalue weighted by atomic mass is 19.1. The maximum atomic E-state index is 13.3. The summed E-state index contributed by atoms with van der Waals surface area (Å²) < 4.78 is 13.3. The smallest absolute Gasteiger partial charge is 0.255 e. The second-order valence-corrected chi connectivity index (χ2v) is 6.21. The molecule has 22 heavy (non-hydrogen) atoms. The minimum Gasteiger partial charge on any atom is -0.365 e. The topological polar surface area (TPSA) is 36.1 Å². The van der Waals surface area contributed by atoms with E-state index in [4.69, 9.17) is 0 Å². The molecule has 0 spiro atoms. The number of likely N-dealkylation sites (tertiary alicyclic amines) is 1. The maximum absolute atomic E-state index is 13.3. The number of amides is 1. The number of aromatic amines is 1. The van der Waals surface area contributed by atoms with Crippen LogP contribution in [0.15, 0.2) is 30.5 Å². The van der Waals surface area contributed by atoms with Gasteiger partial charge in [-0.15, -0.1) is 0 Å². The summed E-state index contributed by atoms with van der Waals surface area (Å²) in [6, 6.07) is 7.14. The van der Waals surface area contributed by atoms with Gasteiger partial charge in [0.1, 0.15) is 5.82 Å². The van der Waals surface area contributed by atoms with Crippen LogP contribution in [0.2, 0.25) is 0 Å². The highest BCUT2D eigenvalue weighted by molar-refractivity contribution is 5.95. The fourth-order valence-corrected chi connectivity index (χ4v) is 3.21. The monoisotopic (exact) mass is 300 g/mol. The number of nitrogens with zero attached hydrogens (tertiary/aromatic N) is 1. The molecule has 0 radical (unpaired) electrons. The van der Waals surface area contributed by atoms with Crippen LogP contribution in [0.25, 0.3) is 0 Å². The highest BCUT2D eigenvalue weighted by Crippen LogP contribution is 2.24. The van der Waals surface area contributed by atoms with E-state index in [0.29, 0.717) is 11.5 Å². The van der Waals surface area contributed by atoms with E-state index in [0.717, 1.165) is 42.8 Å². The summed E-state index contributed by atoms with van der Waals surface area (Å²) in [5.74, 6) is 0.402. The lowest BCUT2D eigenvalue weighted by molar-refractivity contribution is 0.0786. The van der Waals surface area contributed by atoms with Gasteiger partial charge in [-0.05, 0) is 55.9 Å². The number of H-pyrrole nitrogens is 1. The Morgan fingerprint density at radius 1 is 1.36 bits per heavy atom. The molecule has 1 unspecified atom stereocenters. The van der Waals surface area contributed by atoms with Gasteiger partial charge in [0.2, 0.25) is 0 Å². The number of aryl methyl sites for hydroxylation is 2. The Bertz CT molecular complexity index is 692. The van der Waals surface area contributed by atoms with Gasteiger partial charge in [-0.2, -0.15) is 0 Å². The van der Waals surface area contributed by atoms with Gasteiger partial charge in [0, 0.05) is 25.0 Å². The van der Waals surface area contributed by atoms with Crippen molar-refractivity contribution in [3.8, 4) is 0 Å². The van der Waals surface area contributed by atoms with Crippen molar-refractivity contribution in [3.05, 3.63) is 58.7 Å². The molecule has 0 bridgehead atoms. The van der Waals surface area contributed by atoms with Crippen LogP contribution in [0, 0.1) is 25.6 Å². The van der Waals surface area contributed by atoms with E-state index in [-0.39, 0.29) is 11.7 Å². The van der Waals surface area contributed by atoms with Crippen molar-refractivity contribution in [2.24, 2.45) is 5.92 Å². The Kier molecular flexibility index (Phi) is 4.01. The fourth-order valence-electron chi connectivity index (χ4n) is 3.21. The summed E-state index contributed by atoms with van der Waals surface area (Å²) in [5, 5.41) is 0. The number of hydrogen-bond donors (Lipinski definition) is 1. The molecule has 1 aliphatic heterocycles. The number of hydrogen-bond acceptors (Lipinski definition) is 1. The molecule has 1 N–H and O–H groups in total. The third kappa shape index (κ3) is 2.91. The van der Waals surface area contributed by atoms with Crippen molar-refractivity contribution in [2.75, 3.05) is 13.1 Å². The predicted molar refractivity (Wildman–Crippen MR) is 84.4 cm³/mol. The molecule has 3 rings (SSSR count). The molecule has 3 nitrogen and oxygen atoms in total. The largest absolute Gasteiger partial charge is 0.365 e. The molecule has 2 heterocycles. The third-order valence-corrected chi connectivity index (χ3v) is 4.50. The summed E-state index contributed by atoms with van der Waals surface area (Å²) in [5.41, 5.74) is 3.52. The summed E-state index contributed by atoms with van der Waals surface area (Å²) in [4.78, 5) is 17.5. The quantitative estimate of drug-likeness (QED) is 0.925. The van der Waals surface area contributed by atoms with Gasteiger partial charge < -0.3 is 9.88 Å². The second kappa shape index (κ2) is 5.95. The predicted octanol–water partition coefficient (Wildman–Crippen LogP) is 3.48. The zero-order valence-electron chi connectivity index (χ0n) is 13.0. The molecule has 1 saturated heterocycles. The van der Waals surface area contributed by atoms with Crippen LogP contribution in [0.4, 0.5) is 4.39 Å². The number of halogens is 1. The molecule has 1 atom stereocenters. The molecule has 1 aromatic heterocycles. The average molecular weight is 300 g/mol. The number of carbonyl (C=O) groups is 1. The van der Waals surface area contributed by atoms with Gasteiger partial charge in [-0.1, -0.05) is 12.1 Å². The minimum absolute atomic E-state index is 0.108. The SMILES string of the molecule is Cc1cc(CC2CCN(C(=O)c3cc[nH]c3C)C2)ccc1F. The van der Waals surface area contributed by atoms with Crippen LogP contribution in [-0.2, 0) is 6.42 Å². The van der Waals surface area contributed by atoms with Crippen molar-refractivity contribution in [1.29, 1.82) is 0 Å². The summed E-state index contributed by atoms with van der Waals surface area (Å²) in [7, 11) is 0. The highest BCUT2D eigenvalue weighted by Gasteiger charge is 2.28.